The molecule has 0 radical (unpaired) electrons. The molecule has 0 saturated heterocycles. The summed E-state index contributed by atoms with van der Waals surface area (Å²) in [5, 5.41) is 3.91. The molecule has 0 aliphatic heterocycles. The van der Waals surface area contributed by atoms with Crippen molar-refractivity contribution in [3.8, 4) is 23.0 Å². The minimum atomic E-state index is -4.29. The molecular weight excluding hydrogens is 505 g/mol. The quantitative estimate of drug-likeness (QED) is 0.298. The van der Waals surface area contributed by atoms with E-state index in [0.29, 0.717) is 22.8 Å². The molecule has 1 N–H and O–H groups in total. The fourth-order valence-electron chi connectivity index (χ4n) is 3.29. The van der Waals surface area contributed by atoms with Crippen molar-refractivity contribution in [2.75, 3.05) is 39.3 Å². The maximum absolute atomic E-state index is 13.5. The van der Waals surface area contributed by atoms with E-state index in [1.165, 1.54) is 65.0 Å². The van der Waals surface area contributed by atoms with E-state index in [0.717, 1.165) is 16.4 Å². The summed E-state index contributed by atoms with van der Waals surface area (Å²) in [6.45, 7) is -0.639. The second-order valence-corrected chi connectivity index (χ2v) is 9.27. The molecule has 0 heterocycles. The lowest BCUT2D eigenvalue weighted by atomic mass is 10.2. The van der Waals surface area contributed by atoms with Gasteiger partial charge in [-0.25, -0.2) is 18.2 Å². The van der Waals surface area contributed by atoms with Gasteiger partial charge in [0.2, 0.25) is 0 Å². The molecule has 1 amide bonds. The van der Waals surface area contributed by atoms with Crippen LogP contribution in [0, 0.1) is 5.82 Å². The highest BCUT2D eigenvalue weighted by atomic mass is 32.2. The number of methoxy groups -OCH3 is 4. The van der Waals surface area contributed by atoms with Gasteiger partial charge < -0.3 is 18.9 Å². The van der Waals surface area contributed by atoms with Crippen LogP contribution in [0.1, 0.15) is 5.56 Å². The number of carbonyl (C=O) groups excluding carboxylic acids is 1. The normalized spacial score (nSPS) is 11.2. The van der Waals surface area contributed by atoms with Gasteiger partial charge in [-0.2, -0.15) is 5.10 Å². The van der Waals surface area contributed by atoms with E-state index in [9.17, 15) is 17.6 Å². The van der Waals surface area contributed by atoms with Gasteiger partial charge in [-0.1, -0.05) is 0 Å². The van der Waals surface area contributed by atoms with E-state index in [1.807, 2.05) is 0 Å². The van der Waals surface area contributed by atoms with Crippen molar-refractivity contribution < 1.29 is 36.6 Å². The van der Waals surface area contributed by atoms with E-state index in [4.69, 9.17) is 18.9 Å². The maximum atomic E-state index is 13.5. The Labute approximate surface area is 214 Å². The zero-order valence-corrected chi connectivity index (χ0v) is 21.4. The number of ether oxygens (including phenoxy) is 4. The highest BCUT2D eigenvalue weighted by molar-refractivity contribution is 7.92. The predicted octanol–water partition coefficient (Wildman–Crippen LogP) is 3.21. The molecule has 37 heavy (non-hydrogen) atoms. The van der Waals surface area contributed by atoms with Gasteiger partial charge in [0.05, 0.1) is 45.2 Å². The van der Waals surface area contributed by atoms with Crippen LogP contribution in [0.5, 0.6) is 23.0 Å². The maximum Gasteiger partial charge on any atom is 0.264 e. The summed E-state index contributed by atoms with van der Waals surface area (Å²) in [6.07, 6.45) is 1.35. The van der Waals surface area contributed by atoms with Gasteiger partial charge in [-0.3, -0.25) is 9.10 Å². The Kier molecular flexibility index (Phi) is 8.90. The lowest BCUT2D eigenvalue weighted by Crippen LogP contribution is -2.39. The average Bonchev–Trinajstić information content (AvgIpc) is 2.91. The fourth-order valence-corrected chi connectivity index (χ4v) is 4.73. The first kappa shape index (κ1) is 27.3. The molecule has 0 saturated carbocycles. The second-order valence-electron chi connectivity index (χ2n) is 7.41. The summed E-state index contributed by atoms with van der Waals surface area (Å²) in [7, 11) is 1.50. The van der Waals surface area contributed by atoms with Crippen molar-refractivity contribution in [2.45, 2.75) is 4.90 Å². The van der Waals surface area contributed by atoms with Crippen LogP contribution in [-0.2, 0) is 14.8 Å². The molecule has 3 aromatic carbocycles. The highest BCUT2D eigenvalue weighted by Gasteiger charge is 2.28. The predicted molar refractivity (Wildman–Crippen MR) is 136 cm³/mol. The Morgan fingerprint density at radius 2 is 1.57 bits per heavy atom. The molecule has 3 rings (SSSR count). The number of halogens is 1. The largest absolute Gasteiger partial charge is 0.497 e. The molecule has 0 unspecified atom stereocenters. The van der Waals surface area contributed by atoms with Crippen LogP contribution in [0.15, 0.2) is 70.7 Å². The number of anilines is 1. The topological polar surface area (TPSA) is 116 Å². The van der Waals surface area contributed by atoms with E-state index in [2.05, 4.69) is 10.5 Å². The molecule has 0 aliphatic carbocycles. The molecule has 0 atom stereocenters. The Balaban J connectivity index is 1.88. The molecule has 0 aliphatic rings. The minimum absolute atomic E-state index is 0.0761. The molecule has 0 spiro atoms. The van der Waals surface area contributed by atoms with Crippen molar-refractivity contribution in [1.82, 2.24) is 5.43 Å². The zero-order valence-electron chi connectivity index (χ0n) is 20.6. The Morgan fingerprint density at radius 1 is 0.892 bits per heavy atom. The fraction of sp³-hybridized carbons (Fsp3) is 0.200. The van der Waals surface area contributed by atoms with Crippen molar-refractivity contribution >= 4 is 27.8 Å². The van der Waals surface area contributed by atoms with Gasteiger partial charge >= 0.3 is 0 Å². The Bertz CT molecular complexity index is 1380. The van der Waals surface area contributed by atoms with Gasteiger partial charge in [0, 0.05) is 17.7 Å². The lowest BCUT2D eigenvalue weighted by Gasteiger charge is -2.24. The molecule has 196 valence electrons. The van der Waals surface area contributed by atoms with Gasteiger partial charge in [-0.05, 0) is 48.5 Å². The number of hydrogen-bond acceptors (Lipinski definition) is 8. The molecule has 3 aromatic rings. The van der Waals surface area contributed by atoms with Crippen LogP contribution < -0.4 is 28.7 Å². The Hall–Kier alpha value is -4.32. The number of hydrogen-bond donors (Lipinski definition) is 1. The van der Waals surface area contributed by atoms with Crippen molar-refractivity contribution in [3.63, 3.8) is 0 Å². The molecule has 0 fully saturated rings. The summed E-state index contributed by atoms with van der Waals surface area (Å²) in [5.74, 6) is 0.252. The smallest absolute Gasteiger partial charge is 0.264 e. The first-order valence-corrected chi connectivity index (χ1v) is 12.2. The van der Waals surface area contributed by atoms with E-state index in [1.54, 1.807) is 18.2 Å². The van der Waals surface area contributed by atoms with Crippen LogP contribution in [0.2, 0.25) is 0 Å². The van der Waals surface area contributed by atoms with Crippen molar-refractivity contribution in [1.29, 1.82) is 0 Å². The number of nitrogens with one attached hydrogen (secondary N) is 1. The Morgan fingerprint density at radius 3 is 2.19 bits per heavy atom. The van der Waals surface area contributed by atoms with Gasteiger partial charge in [0.15, 0.2) is 11.5 Å². The summed E-state index contributed by atoms with van der Waals surface area (Å²) in [5.41, 5.74) is 2.93. The SMILES string of the molecule is COc1ccc(/C=N\NC(=O)CN(c2ccc(F)cc2)S(=O)(=O)c2ccc(OC)c(OC)c2)c(OC)c1. The summed E-state index contributed by atoms with van der Waals surface area (Å²) >= 11 is 0. The van der Waals surface area contributed by atoms with Gasteiger partial charge in [-0.15, -0.1) is 0 Å². The third-order valence-electron chi connectivity index (χ3n) is 5.18. The van der Waals surface area contributed by atoms with Crippen LogP contribution in [0.25, 0.3) is 0 Å². The van der Waals surface area contributed by atoms with Gasteiger partial charge in [0.1, 0.15) is 23.9 Å². The molecule has 0 bridgehead atoms. The molecular formula is C25H26FN3O7S. The number of rotatable bonds is 11. The van der Waals surface area contributed by atoms with Crippen molar-refractivity contribution in [3.05, 3.63) is 72.0 Å². The minimum Gasteiger partial charge on any atom is -0.497 e. The van der Waals surface area contributed by atoms with E-state index >= 15 is 0 Å². The lowest BCUT2D eigenvalue weighted by molar-refractivity contribution is -0.119. The summed E-state index contributed by atoms with van der Waals surface area (Å²) < 4.78 is 62.3. The number of amides is 1. The number of benzene rings is 3. The first-order chi connectivity index (χ1) is 17.7. The van der Waals surface area contributed by atoms with Crippen LogP contribution in [0.4, 0.5) is 10.1 Å². The highest BCUT2D eigenvalue weighted by Crippen LogP contribution is 2.32. The molecule has 12 heteroatoms. The van der Waals surface area contributed by atoms with E-state index < -0.39 is 28.3 Å². The van der Waals surface area contributed by atoms with Crippen LogP contribution >= 0.6 is 0 Å². The average molecular weight is 532 g/mol. The number of sulfonamides is 1. The standard InChI is InChI=1S/C25H26FN3O7S/c1-33-20-10-5-17(23(13-20)35-3)15-27-28-25(30)16-29(19-8-6-18(26)7-9-19)37(31,32)21-11-12-22(34-2)24(14-21)36-4/h5-15H,16H2,1-4H3,(H,28,30)/b27-15-. The van der Waals surface area contributed by atoms with Gasteiger partial charge in [0.25, 0.3) is 15.9 Å². The number of carbonyl (C=O) groups is 1. The van der Waals surface area contributed by atoms with Crippen LogP contribution in [0.3, 0.4) is 0 Å². The van der Waals surface area contributed by atoms with Crippen LogP contribution in [-0.4, -0.2) is 55.5 Å². The zero-order chi connectivity index (χ0) is 27.0. The van der Waals surface area contributed by atoms with Crippen molar-refractivity contribution in [2.24, 2.45) is 5.10 Å². The first-order valence-electron chi connectivity index (χ1n) is 10.8. The number of hydrazone groups is 1. The summed E-state index contributed by atoms with van der Waals surface area (Å²) in [4.78, 5) is 12.6. The molecule has 10 nitrogen and oxygen atoms in total. The van der Waals surface area contributed by atoms with E-state index in [-0.39, 0.29) is 16.3 Å². The number of nitrogens with zero attached hydrogens (tertiary/aromatic N) is 2. The second kappa shape index (κ2) is 12.1. The third-order valence-corrected chi connectivity index (χ3v) is 6.95. The third kappa shape index (κ3) is 6.47. The summed E-state index contributed by atoms with van der Waals surface area (Å²) in [6, 6.07) is 13.7. The monoisotopic (exact) mass is 531 g/mol. The molecule has 0 aromatic heterocycles.